The van der Waals surface area contributed by atoms with Crippen LogP contribution in [0.15, 0.2) is 24.1 Å². The van der Waals surface area contributed by atoms with Crippen molar-refractivity contribution in [3.8, 4) is 0 Å². The second-order valence-corrected chi connectivity index (χ2v) is 8.28. The molecule has 5 aromatic rings. The van der Waals surface area contributed by atoms with Crippen molar-refractivity contribution in [2.24, 2.45) is 0 Å². The lowest BCUT2D eigenvalue weighted by atomic mass is 10.6. The van der Waals surface area contributed by atoms with Crippen LogP contribution >= 0.6 is 11.3 Å². The quantitative estimate of drug-likeness (QED) is 0.288. The molecule has 0 spiro atoms. The van der Waals surface area contributed by atoms with Crippen LogP contribution in [0.4, 0.5) is 0 Å². The number of aromatic nitrogens is 9. The van der Waals surface area contributed by atoms with E-state index in [1.54, 1.807) is 59.1 Å². The molecule has 5 rings (SSSR count). The molecule has 14 heteroatoms. The van der Waals surface area contributed by atoms with Gasteiger partial charge in [-0.15, -0.1) is 31.7 Å². The lowest BCUT2D eigenvalue weighted by Crippen LogP contribution is -1.70. The molecule has 0 aliphatic carbocycles. The Labute approximate surface area is 207 Å². The Morgan fingerprint density at radius 2 is 1.00 bits per heavy atom. The van der Waals surface area contributed by atoms with Crippen LogP contribution < -0.4 is 0 Å². The Balaban J connectivity index is 0.000000219. The number of nitrogens with zero attached hydrogens (tertiary/aromatic N) is 9. The summed E-state index contributed by atoms with van der Waals surface area (Å²) >= 11 is 1.62. The summed E-state index contributed by atoms with van der Waals surface area (Å²) in [7, 11) is 0. The Hall–Kier alpha value is -3.81. The van der Waals surface area contributed by atoms with E-state index >= 15 is 0 Å². The first-order chi connectivity index (χ1) is 16.4. The van der Waals surface area contributed by atoms with Gasteiger partial charge in [0.1, 0.15) is 15.8 Å². The van der Waals surface area contributed by atoms with Crippen LogP contribution in [-0.2, 0) is 0 Å². The molecule has 190 valence electrons. The maximum absolute atomic E-state index is 4.97. The van der Waals surface area contributed by atoms with E-state index in [0.717, 1.165) is 21.7 Å². The van der Waals surface area contributed by atoms with Gasteiger partial charge in [-0.3, -0.25) is 0 Å². The minimum Gasteiger partial charge on any atom is -0.446 e. The van der Waals surface area contributed by atoms with Crippen LogP contribution in [0.3, 0.4) is 0 Å². The summed E-state index contributed by atoms with van der Waals surface area (Å²) in [6.45, 7) is 18.2. The molecule has 0 saturated heterocycles. The minimum absolute atomic E-state index is 0.623. The first-order valence-corrected chi connectivity index (χ1v) is 11.2. The highest BCUT2D eigenvalue weighted by molar-refractivity contribution is 7.11. The zero-order valence-electron chi connectivity index (χ0n) is 21.6. The fourth-order valence-electron chi connectivity index (χ4n) is 2.06. The van der Waals surface area contributed by atoms with Gasteiger partial charge in [0.05, 0.1) is 6.20 Å². The molecule has 35 heavy (non-hydrogen) atoms. The smallest absolute Gasteiger partial charge is 0.223 e. The van der Waals surface area contributed by atoms with Crippen LogP contribution in [0, 0.1) is 69.2 Å². The van der Waals surface area contributed by atoms with E-state index in [9.17, 15) is 0 Å². The van der Waals surface area contributed by atoms with Gasteiger partial charge in [0.25, 0.3) is 0 Å². The summed E-state index contributed by atoms with van der Waals surface area (Å²) in [6, 6.07) is 0. The third-order valence-electron chi connectivity index (χ3n) is 3.25. The molecule has 0 saturated carbocycles. The molecule has 0 unspecified atom stereocenters. The predicted octanol–water partition coefficient (Wildman–Crippen LogP) is 4.51. The number of oxazole rings is 1. The van der Waals surface area contributed by atoms with Crippen LogP contribution in [0.1, 0.15) is 56.9 Å². The average Bonchev–Trinajstić information content (AvgIpc) is 3.59. The molecule has 5 aromatic heterocycles. The summed E-state index contributed by atoms with van der Waals surface area (Å²) in [6.07, 6.45) is 1.70. The summed E-state index contributed by atoms with van der Waals surface area (Å²) in [4.78, 5) is 11.5. The summed E-state index contributed by atoms with van der Waals surface area (Å²) in [5, 5.41) is 23.9. The van der Waals surface area contributed by atoms with Gasteiger partial charge in [-0.2, -0.15) is 9.97 Å². The van der Waals surface area contributed by atoms with Crippen LogP contribution in [0.25, 0.3) is 0 Å². The van der Waals surface area contributed by atoms with Gasteiger partial charge < -0.3 is 17.9 Å². The highest BCUT2D eigenvalue weighted by Gasteiger charge is 1.91. The zero-order chi connectivity index (χ0) is 26.4. The number of rotatable bonds is 0. The van der Waals surface area contributed by atoms with E-state index in [1.165, 1.54) is 0 Å². The van der Waals surface area contributed by atoms with Crippen LogP contribution in [-0.4, -0.2) is 45.7 Å². The molecule has 0 atom stereocenters. The minimum atomic E-state index is 0.623. The van der Waals surface area contributed by atoms with Gasteiger partial charge in [-0.1, -0.05) is 10.3 Å². The molecular weight excluding hydrogens is 474 g/mol. The van der Waals surface area contributed by atoms with Gasteiger partial charge in [-0.25, -0.2) is 4.98 Å². The van der Waals surface area contributed by atoms with E-state index in [1.807, 2.05) is 27.7 Å². The Bertz CT molecular complexity index is 934. The normalized spacial score (nSPS) is 9.43. The van der Waals surface area contributed by atoms with Gasteiger partial charge >= 0.3 is 0 Å². The highest BCUT2D eigenvalue weighted by Crippen LogP contribution is 2.04. The van der Waals surface area contributed by atoms with E-state index in [2.05, 4.69) is 54.7 Å². The van der Waals surface area contributed by atoms with Crippen molar-refractivity contribution in [1.82, 2.24) is 45.7 Å². The van der Waals surface area contributed by atoms with E-state index in [4.69, 9.17) is 8.83 Å². The van der Waals surface area contributed by atoms with Crippen molar-refractivity contribution in [1.29, 1.82) is 0 Å². The molecule has 13 nitrogen and oxygen atoms in total. The van der Waals surface area contributed by atoms with Gasteiger partial charge in [0.15, 0.2) is 17.5 Å². The molecule has 0 radical (unpaired) electrons. The Morgan fingerprint density at radius 3 is 1.11 bits per heavy atom. The van der Waals surface area contributed by atoms with Crippen LogP contribution in [0.5, 0.6) is 0 Å². The highest BCUT2D eigenvalue weighted by atomic mass is 32.1. The summed E-state index contributed by atoms with van der Waals surface area (Å²) in [5.74, 6) is 5.48. The van der Waals surface area contributed by atoms with Gasteiger partial charge in [-0.05, 0) is 34.6 Å². The van der Waals surface area contributed by atoms with Crippen molar-refractivity contribution in [3.63, 3.8) is 0 Å². The number of hydrogen-bond acceptors (Lipinski definition) is 14. The van der Waals surface area contributed by atoms with E-state index < -0.39 is 0 Å². The molecule has 0 bridgehead atoms. The third kappa shape index (κ3) is 14.1. The maximum atomic E-state index is 4.97. The molecule has 5 heterocycles. The van der Waals surface area contributed by atoms with Crippen molar-refractivity contribution >= 4 is 11.3 Å². The largest absolute Gasteiger partial charge is 0.446 e. The van der Waals surface area contributed by atoms with Crippen molar-refractivity contribution < 1.29 is 17.9 Å². The molecule has 0 N–H and O–H groups in total. The molecule has 0 amide bonds. The lowest BCUT2D eigenvalue weighted by Gasteiger charge is -1.73. The van der Waals surface area contributed by atoms with Crippen molar-refractivity contribution in [2.45, 2.75) is 69.2 Å². The molecule has 0 fully saturated rings. The molecule has 0 aliphatic rings. The van der Waals surface area contributed by atoms with Gasteiger partial charge in [0, 0.05) is 34.6 Å². The molecular formula is C21H31N9O4S. The first kappa shape index (κ1) is 29.2. The fourth-order valence-corrected chi connectivity index (χ4v) is 2.65. The van der Waals surface area contributed by atoms with E-state index in [0.29, 0.717) is 35.2 Å². The van der Waals surface area contributed by atoms with Gasteiger partial charge in [0.2, 0.25) is 23.6 Å². The monoisotopic (exact) mass is 505 g/mol. The second-order valence-electron chi connectivity index (χ2n) is 6.89. The predicted molar refractivity (Wildman–Crippen MR) is 127 cm³/mol. The summed E-state index contributed by atoms with van der Waals surface area (Å²) in [5.41, 5.74) is 0. The number of aryl methyl sites for hydroxylation is 10. The maximum Gasteiger partial charge on any atom is 0.223 e. The van der Waals surface area contributed by atoms with Crippen LogP contribution in [0.2, 0.25) is 0 Å². The Kier molecular flexibility index (Phi) is 12.7. The number of hydrogen-bond donors (Lipinski definition) is 0. The van der Waals surface area contributed by atoms with E-state index in [-0.39, 0.29) is 0 Å². The fraction of sp³-hybridized carbons (Fsp3) is 0.476. The molecule has 0 aliphatic heterocycles. The topological polar surface area (TPSA) is 169 Å². The average molecular weight is 506 g/mol. The third-order valence-corrected chi connectivity index (χ3v) is 4.00. The first-order valence-electron chi connectivity index (χ1n) is 10.4. The Morgan fingerprint density at radius 1 is 0.543 bits per heavy atom. The zero-order valence-corrected chi connectivity index (χ0v) is 22.5. The SMILES string of the molecule is Cc1cnc(C)o1.Cc1nnc(C)o1.Cc1nnc(C)s1.Cc1noc(C)n1.Cc1noc(C)n1. The lowest BCUT2D eigenvalue weighted by molar-refractivity contribution is 0.389. The van der Waals surface area contributed by atoms with Crippen molar-refractivity contribution in [3.05, 3.63) is 63.1 Å². The molecule has 0 aromatic carbocycles. The second kappa shape index (κ2) is 15.2. The standard InChI is InChI=1S/C5H7NO.3C4H6N2O.C4H6N2S/c1-4-3-6-5(2)7-4;1-3-5-6-4(2)7-3;2*1-3-5-4(2)7-6-3;1-3-5-6-4(2)7-3/h3H,1-2H3;4*1-2H3. The summed E-state index contributed by atoms with van der Waals surface area (Å²) < 4.78 is 19.0. The van der Waals surface area contributed by atoms with Crippen molar-refractivity contribution in [2.75, 3.05) is 0 Å².